The van der Waals surface area contributed by atoms with Crippen molar-refractivity contribution in [3.8, 4) is 11.5 Å². The lowest BCUT2D eigenvalue weighted by molar-refractivity contribution is 0.0685. The third-order valence-electron chi connectivity index (χ3n) is 5.07. The molecule has 0 bridgehead atoms. The van der Waals surface area contributed by atoms with Gasteiger partial charge in [0.05, 0.1) is 5.56 Å². The molecule has 4 aromatic rings. The molecule has 0 amide bonds. The van der Waals surface area contributed by atoms with Gasteiger partial charge < -0.3 is 20.4 Å². The molecule has 0 radical (unpaired) electrons. The standard InChI is InChI=1S/C23H16O6/c24-20-11-18(22(26)27)15-8-4-3-7-14(15)16(20)10-17-13-6-2-1-5-12(13)9-19(21(17)25)23(28)29/h1-9,11,24-25H,10H2,(H,26,27)(H,28,29). The lowest BCUT2D eigenvalue weighted by atomic mass is 9.90. The van der Waals surface area contributed by atoms with E-state index in [-0.39, 0.29) is 29.0 Å². The zero-order valence-corrected chi connectivity index (χ0v) is 15.1. The molecule has 0 heterocycles. The number of carboxylic acids is 2. The van der Waals surface area contributed by atoms with E-state index in [1.807, 2.05) is 0 Å². The Morgan fingerprint density at radius 3 is 1.93 bits per heavy atom. The highest BCUT2D eigenvalue weighted by Gasteiger charge is 2.21. The second kappa shape index (κ2) is 6.83. The Hall–Kier alpha value is -4.06. The summed E-state index contributed by atoms with van der Waals surface area (Å²) in [7, 11) is 0. The average molecular weight is 388 g/mol. The number of phenolic OH excluding ortho intramolecular Hbond substituents is 1. The Morgan fingerprint density at radius 2 is 1.28 bits per heavy atom. The van der Waals surface area contributed by atoms with Crippen molar-refractivity contribution in [2.24, 2.45) is 0 Å². The smallest absolute Gasteiger partial charge is 0.339 e. The van der Waals surface area contributed by atoms with Gasteiger partial charge in [0.1, 0.15) is 17.1 Å². The van der Waals surface area contributed by atoms with Gasteiger partial charge in [0.25, 0.3) is 0 Å². The Morgan fingerprint density at radius 1 is 0.690 bits per heavy atom. The monoisotopic (exact) mass is 388 g/mol. The Kier molecular flexibility index (Phi) is 4.31. The van der Waals surface area contributed by atoms with Crippen LogP contribution in [0.4, 0.5) is 0 Å². The molecule has 0 aliphatic carbocycles. The molecule has 144 valence electrons. The highest BCUT2D eigenvalue weighted by Crippen LogP contribution is 2.38. The van der Waals surface area contributed by atoms with Crippen LogP contribution in [-0.4, -0.2) is 32.4 Å². The number of hydrogen-bond acceptors (Lipinski definition) is 4. The number of phenols is 2. The predicted molar refractivity (Wildman–Crippen MR) is 108 cm³/mol. The number of carboxylic acid groups (broad SMARTS) is 2. The molecule has 0 unspecified atom stereocenters. The molecule has 4 aromatic carbocycles. The molecule has 0 spiro atoms. The molecule has 0 aliphatic rings. The highest BCUT2D eigenvalue weighted by molar-refractivity contribution is 6.06. The van der Waals surface area contributed by atoms with Crippen LogP contribution in [0.3, 0.4) is 0 Å². The summed E-state index contributed by atoms with van der Waals surface area (Å²) in [6, 6.07) is 16.4. The minimum absolute atomic E-state index is 0.0275. The Bertz CT molecular complexity index is 1310. The van der Waals surface area contributed by atoms with E-state index >= 15 is 0 Å². The van der Waals surface area contributed by atoms with E-state index in [1.54, 1.807) is 48.5 Å². The van der Waals surface area contributed by atoms with E-state index in [2.05, 4.69) is 0 Å². The molecular weight excluding hydrogens is 372 g/mol. The molecule has 0 aliphatic heterocycles. The lowest BCUT2D eigenvalue weighted by Gasteiger charge is -2.15. The molecule has 0 saturated carbocycles. The fourth-order valence-corrected chi connectivity index (χ4v) is 3.71. The fraction of sp³-hybridized carbons (Fsp3) is 0.0435. The molecule has 0 saturated heterocycles. The number of carbonyl (C=O) groups is 2. The van der Waals surface area contributed by atoms with Crippen molar-refractivity contribution in [2.75, 3.05) is 0 Å². The summed E-state index contributed by atoms with van der Waals surface area (Å²) in [5, 5.41) is 42.4. The normalized spacial score (nSPS) is 11.0. The first-order valence-corrected chi connectivity index (χ1v) is 8.82. The lowest BCUT2D eigenvalue weighted by Crippen LogP contribution is -2.03. The van der Waals surface area contributed by atoms with Crippen LogP contribution in [0.25, 0.3) is 21.5 Å². The zero-order valence-electron chi connectivity index (χ0n) is 15.1. The van der Waals surface area contributed by atoms with Crippen LogP contribution < -0.4 is 0 Å². The average Bonchev–Trinajstić information content (AvgIpc) is 2.70. The fourth-order valence-electron chi connectivity index (χ4n) is 3.71. The van der Waals surface area contributed by atoms with Crippen LogP contribution in [0.5, 0.6) is 11.5 Å². The zero-order chi connectivity index (χ0) is 20.7. The minimum Gasteiger partial charge on any atom is -0.508 e. The van der Waals surface area contributed by atoms with Gasteiger partial charge in [0, 0.05) is 17.5 Å². The number of aromatic hydroxyl groups is 2. The second-order valence-electron chi connectivity index (χ2n) is 6.73. The Balaban J connectivity index is 2.02. The summed E-state index contributed by atoms with van der Waals surface area (Å²) in [5.74, 6) is -3.03. The summed E-state index contributed by atoms with van der Waals surface area (Å²) in [5.41, 5.74) is 0.498. The maximum Gasteiger partial charge on any atom is 0.339 e. The summed E-state index contributed by atoms with van der Waals surface area (Å²) < 4.78 is 0. The molecule has 29 heavy (non-hydrogen) atoms. The van der Waals surface area contributed by atoms with Gasteiger partial charge in [-0.3, -0.25) is 0 Å². The molecule has 0 fully saturated rings. The van der Waals surface area contributed by atoms with E-state index in [4.69, 9.17) is 0 Å². The number of benzene rings is 4. The summed E-state index contributed by atoms with van der Waals surface area (Å²) in [6.45, 7) is 0. The minimum atomic E-state index is -1.26. The second-order valence-corrected chi connectivity index (χ2v) is 6.73. The van der Waals surface area contributed by atoms with Gasteiger partial charge in [-0.2, -0.15) is 0 Å². The molecule has 4 N–H and O–H groups in total. The van der Waals surface area contributed by atoms with Gasteiger partial charge in [-0.05, 0) is 33.7 Å². The van der Waals surface area contributed by atoms with Gasteiger partial charge in [-0.1, -0.05) is 48.5 Å². The van der Waals surface area contributed by atoms with Crippen molar-refractivity contribution in [2.45, 2.75) is 6.42 Å². The first kappa shape index (κ1) is 18.3. The van der Waals surface area contributed by atoms with Crippen LogP contribution in [0.2, 0.25) is 0 Å². The molecular formula is C23H16O6. The summed E-state index contributed by atoms with van der Waals surface area (Å²) in [4.78, 5) is 23.2. The van der Waals surface area contributed by atoms with E-state index in [1.165, 1.54) is 12.1 Å². The van der Waals surface area contributed by atoms with Crippen LogP contribution >= 0.6 is 0 Å². The molecule has 0 atom stereocenters. The molecule has 0 aromatic heterocycles. The predicted octanol–water partition coefficient (Wildman–Crippen LogP) is 4.39. The first-order chi connectivity index (χ1) is 13.9. The van der Waals surface area contributed by atoms with Crippen LogP contribution in [0, 0.1) is 0 Å². The molecule has 6 heteroatoms. The number of hydrogen-bond donors (Lipinski definition) is 4. The van der Waals surface area contributed by atoms with Gasteiger partial charge in [0.15, 0.2) is 0 Å². The van der Waals surface area contributed by atoms with Gasteiger partial charge >= 0.3 is 11.9 Å². The van der Waals surface area contributed by atoms with Gasteiger partial charge in [0.2, 0.25) is 0 Å². The molecule has 6 nitrogen and oxygen atoms in total. The number of aromatic carboxylic acids is 2. The van der Waals surface area contributed by atoms with Gasteiger partial charge in [-0.25, -0.2) is 9.59 Å². The summed E-state index contributed by atoms with van der Waals surface area (Å²) >= 11 is 0. The molecule has 4 rings (SSSR count). The van der Waals surface area contributed by atoms with Crippen LogP contribution in [0.1, 0.15) is 31.8 Å². The van der Waals surface area contributed by atoms with Crippen LogP contribution in [-0.2, 0) is 6.42 Å². The van der Waals surface area contributed by atoms with Crippen molar-refractivity contribution in [1.29, 1.82) is 0 Å². The van der Waals surface area contributed by atoms with E-state index < -0.39 is 11.9 Å². The quantitative estimate of drug-likeness (QED) is 0.412. The Labute approximate surface area is 164 Å². The number of rotatable bonds is 4. The van der Waals surface area contributed by atoms with Crippen molar-refractivity contribution in [3.63, 3.8) is 0 Å². The van der Waals surface area contributed by atoms with E-state index in [9.17, 15) is 30.0 Å². The van der Waals surface area contributed by atoms with Crippen LogP contribution in [0.15, 0.2) is 60.7 Å². The van der Waals surface area contributed by atoms with Crippen molar-refractivity contribution in [3.05, 3.63) is 82.9 Å². The topological polar surface area (TPSA) is 115 Å². The first-order valence-electron chi connectivity index (χ1n) is 8.82. The van der Waals surface area contributed by atoms with Crippen molar-refractivity contribution < 1.29 is 30.0 Å². The van der Waals surface area contributed by atoms with E-state index in [0.717, 1.165) is 0 Å². The van der Waals surface area contributed by atoms with Crippen molar-refractivity contribution in [1.82, 2.24) is 0 Å². The van der Waals surface area contributed by atoms with Gasteiger partial charge in [-0.15, -0.1) is 0 Å². The highest BCUT2D eigenvalue weighted by atomic mass is 16.4. The third-order valence-corrected chi connectivity index (χ3v) is 5.07. The maximum absolute atomic E-state index is 11.6. The largest absolute Gasteiger partial charge is 0.508 e. The number of fused-ring (bicyclic) bond motifs is 2. The third kappa shape index (κ3) is 3.00. The van der Waals surface area contributed by atoms with Crippen molar-refractivity contribution >= 4 is 33.5 Å². The SMILES string of the molecule is O=C(O)c1cc2ccccc2c(Cc2c(O)cc(C(=O)O)c3ccccc23)c1O. The summed E-state index contributed by atoms with van der Waals surface area (Å²) in [6.07, 6.45) is 0.0275. The maximum atomic E-state index is 11.6. The van der Waals surface area contributed by atoms with E-state index in [0.29, 0.717) is 32.7 Å².